The van der Waals surface area contributed by atoms with E-state index < -0.39 is 0 Å². The van der Waals surface area contributed by atoms with Crippen molar-refractivity contribution in [3.63, 3.8) is 0 Å². The highest BCUT2D eigenvalue weighted by molar-refractivity contribution is 5.85. The number of carbonyl (C=O) groups is 2. The van der Waals surface area contributed by atoms with Gasteiger partial charge >= 0.3 is 0 Å². The Morgan fingerprint density at radius 1 is 0.950 bits per heavy atom. The summed E-state index contributed by atoms with van der Waals surface area (Å²) in [6.07, 6.45) is 6.70. The molecule has 116 valence electrons. The number of rotatable bonds is 6. The van der Waals surface area contributed by atoms with Crippen LogP contribution in [0.25, 0.3) is 0 Å². The Morgan fingerprint density at radius 3 is 2.25 bits per heavy atom. The maximum Gasteiger partial charge on any atom is 0.239 e. The Kier molecular flexibility index (Phi) is 7.92. The molecule has 2 aliphatic rings. The summed E-state index contributed by atoms with van der Waals surface area (Å²) in [6.45, 7) is 2.79. The van der Waals surface area contributed by atoms with E-state index in [1.807, 2.05) is 0 Å². The van der Waals surface area contributed by atoms with Crippen LogP contribution in [0.4, 0.5) is 0 Å². The molecule has 0 aromatic rings. The van der Waals surface area contributed by atoms with Gasteiger partial charge in [0.05, 0.1) is 6.54 Å². The van der Waals surface area contributed by atoms with Gasteiger partial charge in [-0.15, -0.1) is 12.4 Å². The summed E-state index contributed by atoms with van der Waals surface area (Å²) in [6, 6.07) is 0. The summed E-state index contributed by atoms with van der Waals surface area (Å²) in [4.78, 5) is 23.3. The highest BCUT2D eigenvalue weighted by Gasteiger charge is 2.19. The molecular weight excluding hydrogens is 278 g/mol. The minimum absolute atomic E-state index is 0. The highest BCUT2D eigenvalue weighted by Crippen LogP contribution is 2.25. The van der Waals surface area contributed by atoms with Gasteiger partial charge in [0, 0.05) is 32.0 Å². The summed E-state index contributed by atoms with van der Waals surface area (Å²) < 4.78 is 0. The third-order valence-corrected chi connectivity index (χ3v) is 4.10. The second-order valence-corrected chi connectivity index (χ2v) is 5.81. The van der Waals surface area contributed by atoms with E-state index in [2.05, 4.69) is 16.0 Å². The lowest BCUT2D eigenvalue weighted by Gasteiger charge is -2.27. The van der Waals surface area contributed by atoms with E-state index in [9.17, 15) is 9.59 Å². The molecule has 0 atom stereocenters. The monoisotopic (exact) mass is 303 g/mol. The van der Waals surface area contributed by atoms with Crippen molar-refractivity contribution in [3.8, 4) is 0 Å². The van der Waals surface area contributed by atoms with E-state index in [1.54, 1.807) is 0 Å². The van der Waals surface area contributed by atoms with Crippen LogP contribution in [0.15, 0.2) is 0 Å². The smallest absolute Gasteiger partial charge is 0.239 e. The molecule has 0 spiro atoms. The van der Waals surface area contributed by atoms with Gasteiger partial charge in [0.15, 0.2) is 0 Å². The fraction of sp³-hybridized carbons (Fsp3) is 0.857. The quantitative estimate of drug-likeness (QED) is 0.681. The maximum absolute atomic E-state index is 11.7. The molecule has 0 bridgehead atoms. The summed E-state index contributed by atoms with van der Waals surface area (Å²) in [5.41, 5.74) is 0. The first-order chi connectivity index (χ1) is 9.24. The standard InChI is InChI=1S/C14H25N3O2.ClH/c18-13(6-11-4-2-1-3-5-11)17-10-14(19)16-9-12-7-15-8-12;/h11-12,15H,1-10H2,(H,16,19)(H,17,18);1H. The number of hydrogen-bond acceptors (Lipinski definition) is 3. The molecule has 0 radical (unpaired) electrons. The first kappa shape index (κ1) is 17.2. The van der Waals surface area contributed by atoms with Crippen molar-refractivity contribution in [1.29, 1.82) is 0 Å². The number of nitrogens with one attached hydrogen (secondary N) is 3. The predicted molar refractivity (Wildman–Crippen MR) is 80.8 cm³/mol. The molecule has 2 fully saturated rings. The summed E-state index contributed by atoms with van der Waals surface area (Å²) in [5.74, 6) is 1.02. The predicted octanol–water partition coefficient (Wildman–Crippen LogP) is 0.830. The van der Waals surface area contributed by atoms with Gasteiger partial charge in [-0.2, -0.15) is 0 Å². The molecule has 1 aliphatic heterocycles. The lowest BCUT2D eigenvalue weighted by molar-refractivity contribution is -0.126. The van der Waals surface area contributed by atoms with Crippen molar-refractivity contribution < 1.29 is 9.59 Å². The van der Waals surface area contributed by atoms with Crippen LogP contribution in [0.2, 0.25) is 0 Å². The van der Waals surface area contributed by atoms with E-state index >= 15 is 0 Å². The van der Waals surface area contributed by atoms with Crippen molar-refractivity contribution in [1.82, 2.24) is 16.0 Å². The van der Waals surface area contributed by atoms with E-state index in [1.165, 1.54) is 19.3 Å². The summed E-state index contributed by atoms with van der Waals surface area (Å²) >= 11 is 0. The summed E-state index contributed by atoms with van der Waals surface area (Å²) in [7, 11) is 0. The normalized spacial score (nSPS) is 19.6. The zero-order valence-electron chi connectivity index (χ0n) is 12.0. The van der Waals surface area contributed by atoms with Crippen molar-refractivity contribution in [2.24, 2.45) is 11.8 Å². The van der Waals surface area contributed by atoms with Crippen LogP contribution in [0, 0.1) is 11.8 Å². The molecule has 5 nitrogen and oxygen atoms in total. The Hall–Kier alpha value is -0.810. The van der Waals surface area contributed by atoms with Gasteiger partial charge in [0.25, 0.3) is 0 Å². The van der Waals surface area contributed by atoms with Crippen molar-refractivity contribution in [2.75, 3.05) is 26.2 Å². The van der Waals surface area contributed by atoms with Crippen LogP contribution in [-0.2, 0) is 9.59 Å². The highest BCUT2D eigenvalue weighted by atomic mass is 35.5. The fourth-order valence-corrected chi connectivity index (χ4v) is 2.72. The van der Waals surface area contributed by atoms with Crippen molar-refractivity contribution >= 4 is 24.2 Å². The molecule has 0 unspecified atom stereocenters. The molecule has 20 heavy (non-hydrogen) atoms. The molecule has 2 rings (SSSR count). The molecule has 1 saturated carbocycles. The van der Waals surface area contributed by atoms with Crippen LogP contribution in [-0.4, -0.2) is 38.0 Å². The van der Waals surface area contributed by atoms with Gasteiger partial charge < -0.3 is 16.0 Å². The molecule has 6 heteroatoms. The lowest BCUT2D eigenvalue weighted by atomic mass is 9.87. The number of carbonyl (C=O) groups excluding carboxylic acids is 2. The van der Waals surface area contributed by atoms with Crippen LogP contribution < -0.4 is 16.0 Å². The average molecular weight is 304 g/mol. The van der Waals surface area contributed by atoms with E-state index in [0.717, 1.165) is 25.9 Å². The minimum Gasteiger partial charge on any atom is -0.354 e. The van der Waals surface area contributed by atoms with Gasteiger partial charge in [-0.1, -0.05) is 19.3 Å². The molecule has 1 saturated heterocycles. The van der Waals surface area contributed by atoms with E-state index in [0.29, 0.717) is 24.8 Å². The lowest BCUT2D eigenvalue weighted by Crippen LogP contribution is -2.49. The first-order valence-corrected chi connectivity index (χ1v) is 7.48. The Balaban J connectivity index is 0.00000200. The molecule has 1 heterocycles. The Bertz CT molecular complexity index is 316. The van der Waals surface area contributed by atoms with Gasteiger partial charge in [-0.05, 0) is 18.8 Å². The molecular formula is C14H26ClN3O2. The van der Waals surface area contributed by atoms with Crippen LogP contribution in [0.5, 0.6) is 0 Å². The average Bonchev–Trinajstić information content (AvgIpc) is 2.36. The van der Waals surface area contributed by atoms with Crippen LogP contribution in [0.1, 0.15) is 38.5 Å². The zero-order chi connectivity index (χ0) is 13.5. The van der Waals surface area contributed by atoms with Gasteiger partial charge in [0.2, 0.25) is 11.8 Å². The van der Waals surface area contributed by atoms with Gasteiger partial charge in [-0.25, -0.2) is 0 Å². The maximum atomic E-state index is 11.7. The third-order valence-electron chi connectivity index (χ3n) is 4.10. The van der Waals surface area contributed by atoms with Crippen molar-refractivity contribution in [3.05, 3.63) is 0 Å². The number of halogens is 1. The van der Waals surface area contributed by atoms with E-state index in [4.69, 9.17) is 0 Å². The Morgan fingerprint density at radius 2 is 1.65 bits per heavy atom. The Labute approximate surface area is 127 Å². The minimum atomic E-state index is -0.0797. The van der Waals surface area contributed by atoms with Crippen LogP contribution in [0.3, 0.4) is 0 Å². The van der Waals surface area contributed by atoms with Gasteiger partial charge in [-0.3, -0.25) is 9.59 Å². The molecule has 2 amide bonds. The van der Waals surface area contributed by atoms with Gasteiger partial charge in [0.1, 0.15) is 0 Å². The molecule has 3 N–H and O–H groups in total. The number of hydrogen-bond donors (Lipinski definition) is 3. The molecule has 0 aromatic carbocycles. The zero-order valence-corrected chi connectivity index (χ0v) is 12.8. The summed E-state index contributed by atoms with van der Waals surface area (Å²) in [5, 5.41) is 8.73. The van der Waals surface area contributed by atoms with Crippen molar-refractivity contribution in [2.45, 2.75) is 38.5 Å². The third kappa shape index (κ3) is 6.09. The topological polar surface area (TPSA) is 70.2 Å². The first-order valence-electron chi connectivity index (χ1n) is 7.48. The second-order valence-electron chi connectivity index (χ2n) is 5.81. The molecule has 0 aromatic heterocycles. The van der Waals surface area contributed by atoms with Crippen LogP contribution >= 0.6 is 12.4 Å². The van der Waals surface area contributed by atoms with E-state index in [-0.39, 0.29) is 30.8 Å². The number of amides is 2. The second kappa shape index (κ2) is 9.19. The largest absolute Gasteiger partial charge is 0.354 e. The molecule has 1 aliphatic carbocycles. The SMILES string of the molecule is Cl.O=C(CNC(=O)CC1CCCCC1)NCC1CNC1. The fourth-order valence-electron chi connectivity index (χ4n) is 2.72.